The van der Waals surface area contributed by atoms with Gasteiger partial charge in [0.1, 0.15) is 5.60 Å². The van der Waals surface area contributed by atoms with Crippen LogP contribution in [0.2, 0.25) is 0 Å². The Morgan fingerprint density at radius 1 is 1.29 bits per heavy atom. The number of hydrogen-bond acceptors (Lipinski definition) is 3. The van der Waals surface area contributed by atoms with Gasteiger partial charge in [-0.15, -0.1) is 0 Å². The molecule has 0 aromatic carbocycles. The van der Waals surface area contributed by atoms with Gasteiger partial charge in [0.25, 0.3) is 0 Å². The van der Waals surface area contributed by atoms with Gasteiger partial charge >= 0.3 is 6.09 Å². The van der Waals surface area contributed by atoms with Gasteiger partial charge in [-0.1, -0.05) is 0 Å². The van der Waals surface area contributed by atoms with Crippen molar-refractivity contribution in [3.8, 4) is 0 Å². The van der Waals surface area contributed by atoms with Crippen LogP contribution in [0.4, 0.5) is 4.79 Å². The Bertz CT molecular complexity index is 284. The van der Waals surface area contributed by atoms with Crippen LogP contribution in [0, 0.1) is 17.8 Å². The van der Waals surface area contributed by atoms with Gasteiger partial charge in [0, 0.05) is 19.7 Å². The number of nitrogens with zero attached hydrogens (tertiary/aromatic N) is 1. The van der Waals surface area contributed by atoms with Crippen LogP contribution in [0.5, 0.6) is 0 Å². The first-order chi connectivity index (χ1) is 7.89. The molecule has 1 amide bonds. The molecule has 1 heterocycles. The normalized spacial score (nSPS) is 32.7. The Hall–Kier alpha value is -0.770. The molecule has 1 saturated heterocycles. The van der Waals surface area contributed by atoms with Crippen molar-refractivity contribution in [3.05, 3.63) is 0 Å². The van der Waals surface area contributed by atoms with E-state index in [4.69, 9.17) is 9.84 Å². The lowest BCUT2D eigenvalue weighted by atomic mass is 10.0. The quantitative estimate of drug-likeness (QED) is 0.762. The van der Waals surface area contributed by atoms with Gasteiger partial charge in [-0.2, -0.15) is 0 Å². The maximum absolute atomic E-state index is 11.9. The number of ether oxygens (including phenoxy) is 1. The van der Waals surface area contributed by atoms with Crippen LogP contribution >= 0.6 is 0 Å². The molecule has 0 spiro atoms. The van der Waals surface area contributed by atoms with E-state index in [1.807, 2.05) is 25.7 Å². The third kappa shape index (κ3) is 2.92. The Kier molecular flexibility index (Phi) is 3.34. The van der Waals surface area contributed by atoms with Crippen LogP contribution in [0.3, 0.4) is 0 Å². The highest BCUT2D eigenvalue weighted by Crippen LogP contribution is 2.41. The number of rotatable bonds is 1. The van der Waals surface area contributed by atoms with E-state index < -0.39 is 5.60 Å². The van der Waals surface area contributed by atoms with Gasteiger partial charge in [-0.25, -0.2) is 4.79 Å². The van der Waals surface area contributed by atoms with Crippen LogP contribution < -0.4 is 0 Å². The van der Waals surface area contributed by atoms with Crippen LogP contribution in [0.1, 0.15) is 33.6 Å². The summed E-state index contributed by atoms with van der Waals surface area (Å²) in [5.41, 5.74) is -0.414. The first-order valence-electron chi connectivity index (χ1n) is 6.48. The minimum atomic E-state index is -0.414. The molecule has 1 aliphatic heterocycles. The summed E-state index contributed by atoms with van der Waals surface area (Å²) < 4.78 is 5.38. The zero-order valence-electron chi connectivity index (χ0n) is 11.0. The predicted octanol–water partition coefficient (Wildman–Crippen LogP) is 1.87. The van der Waals surface area contributed by atoms with E-state index in [0.717, 1.165) is 25.9 Å². The highest BCUT2D eigenvalue weighted by molar-refractivity contribution is 5.68. The minimum Gasteiger partial charge on any atom is -0.444 e. The van der Waals surface area contributed by atoms with E-state index >= 15 is 0 Å². The van der Waals surface area contributed by atoms with Crippen molar-refractivity contribution >= 4 is 6.09 Å². The standard InChI is InChI=1S/C13H23NO3/c1-13(2,3)17-12(16)14-6-10-4-9(8-15)5-11(10)7-14/h9-11,15H,4-8H2,1-3H3/t9-,10-,11+. The first kappa shape index (κ1) is 12.7. The first-order valence-corrected chi connectivity index (χ1v) is 6.48. The molecule has 4 heteroatoms. The van der Waals surface area contributed by atoms with E-state index in [0.29, 0.717) is 24.4 Å². The molecule has 1 saturated carbocycles. The van der Waals surface area contributed by atoms with Crippen LogP contribution in [-0.2, 0) is 4.74 Å². The molecule has 1 N–H and O–H groups in total. The average Bonchev–Trinajstić information content (AvgIpc) is 2.70. The fourth-order valence-electron chi connectivity index (χ4n) is 3.05. The number of carbonyl (C=O) groups excluding carboxylic acids is 1. The topological polar surface area (TPSA) is 49.8 Å². The molecule has 2 aliphatic rings. The van der Waals surface area contributed by atoms with E-state index in [1.54, 1.807) is 0 Å². The van der Waals surface area contributed by atoms with E-state index in [2.05, 4.69) is 0 Å². The van der Waals surface area contributed by atoms with Gasteiger partial charge in [-0.05, 0) is 51.4 Å². The highest BCUT2D eigenvalue weighted by Gasteiger charge is 2.42. The fourth-order valence-corrected chi connectivity index (χ4v) is 3.05. The zero-order valence-corrected chi connectivity index (χ0v) is 11.0. The van der Waals surface area contributed by atoms with Crippen molar-refractivity contribution in [2.24, 2.45) is 17.8 Å². The van der Waals surface area contributed by atoms with Gasteiger partial charge in [0.2, 0.25) is 0 Å². The smallest absolute Gasteiger partial charge is 0.410 e. The molecule has 2 fully saturated rings. The van der Waals surface area contributed by atoms with Gasteiger partial charge in [0.05, 0.1) is 0 Å². The van der Waals surface area contributed by atoms with Gasteiger partial charge in [0.15, 0.2) is 0 Å². The van der Waals surface area contributed by atoms with Crippen LogP contribution in [-0.4, -0.2) is 41.4 Å². The molecule has 0 bridgehead atoms. The summed E-state index contributed by atoms with van der Waals surface area (Å²) in [6, 6.07) is 0. The van der Waals surface area contributed by atoms with Crippen molar-refractivity contribution in [2.75, 3.05) is 19.7 Å². The summed E-state index contributed by atoms with van der Waals surface area (Å²) in [5, 5.41) is 9.14. The number of aliphatic hydroxyl groups excluding tert-OH is 1. The van der Waals surface area contributed by atoms with Gasteiger partial charge < -0.3 is 14.7 Å². The van der Waals surface area contributed by atoms with Crippen LogP contribution in [0.15, 0.2) is 0 Å². The monoisotopic (exact) mass is 241 g/mol. The lowest BCUT2D eigenvalue weighted by Gasteiger charge is -2.25. The summed E-state index contributed by atoms with van der Waals surface area (Å²) in [5.74, 6) is 1.59. The Labute approximate surface area is 103 Å². The molecule has 0 radical (unpaired) electrons. The molecular formula is C13H23NO3. The molecule has 2 rings (SSSR count). The Morgan fingerprint density at radius 3 is 2.24 bits per heavy atom. The Balaban J connectivity index is 1.86. The highest BCUT2D eigenvalue weighted by atomic mass is 16.6. The molecule has 0 aromatic rings. The Morgan fingerprint density at radius 2 is 1.82 bits per heavy atom. The summed E-state index contributed by atoms with van der Waals surface area (Å²) >= 11 is 0. The third-order valence-electron chi connectivity index (χ3n) is 3.76. The predicted molar refractivity (Wildman–Crippen MR) is 64.6 cm³/mol. The second kappa shape index (κ2) is 4.48. The molecule has 0 aromatic heterocycles. The second-order valence-corrected chi connectivity index (χ2v) is 6.43. The lowest BCUT2D eigenvalue weighted by molar-refractivity contribution is 0.0276. The SMILES string of the molecule is CC(C)(C)OC(=O)N1C[C@H]2C[C@@H](CO)C[C@H]2C1. The average molecular weight is 241 g/mol. The van der Waals surface area contributed by atoms with E-state index in [-0.39, 0.29) is 6.09 Å². The lowest BCUT2D eigenvalue weighted by Crippen LogP contribution is -2.36. The van der Waals surface area contributed by atoms with E-state index in [9.17, 15) is 4.79 Å². The second-order valence-electron chi connectivity index (χ2n) is 6.43. The summed E-state index contributed by atoms with van der Waals surface area (Å²) in [4.78, 5) is 13.7. The summed E-state index contributed by atoms with van der Waals surface area (Å²) in [7, 11) is 0. The van der Waals surface area contributed by atoms with E-state index in [1.165, 1.54) is 0 Å². The maximum Gasteiger partial charge on any atom is 0.410 e. The molecule has 98 valence electrons. The number of likely N-dealkylation sites (tertiary alicyclic amines) is 1. The molecule has 1 aliphatic carbocycles. The summed E-state index contributed by atoms with van der Waals surface area (Å²) in [6.45, 7) is 7.57. The molecule has 17 heavy (non-hydrogen) atoms. The fraction of sp³-hybridized carbons (Fsp3) is 0.923. The van der Waals surface area contributed by atoms with Crippen molar-refractivity contribution in [1.29, 1.82) is 0 Å². The number of amides is 1. The molecule has 4 nitrogen and oxygen atoms in total. The largest absolute Gasteiger partial charge is 0.444 e. The van der Waals surface area contributed by atoms with Crippen molar-refractivity contribution < 1.29 is 14.6 Å². The van der Waals surface area contributed by atoms with Crippen molar-refractivity contribution in [1.82, 2.24) is 4.90 Å². The molecule has 3 atom stereocenters. The zero-order chi connectivity index (χ0) is 12.6. The van der Waals surface area contributed by atoms with Crippen LogP contribution in [0.25, 0.3) is 0 Å². The van der Waals surface area contributed by atoms with Crippen molar-refractivity contribution in [2.45, 2.75) is 39.2 Å². The number of hydrogen-bond donors (Lipinski definition) is 1. The maximum atomic E-state index is 11.9. The molecular weight excluding hydrogens is 218 g/mol. The number of aliphatic hydroxyl groups is 1. The minimum absolute atomic E-state index is 0.188. The summed E-state index contributed by atoms with van der Waals surface area (Å²) in [6.07, 6.45) is 1.92. The number of carbonyl (C=O) groups is 1. The van der Waals surface area contributed by atoms with Gasteiger partial charge in [-0.3, -0.25) is 0 Å². The van der Waals surface area contributed by atoms with Crippen molar-refractivity contribution in [3.63, 3.8) is 0 Å². The molecule has 0 unspecified atom stereocenters. The number of fused-ring (bicyclic) bond motifs is 1. The third-order valence-corrected chi connectivity index (χ3v) is 3.76.